The molecule has 1 atom stereocenters. The van der Waals surface area contributed by atoms with E-state index in [9.17, 15) is 0 Å². The lowest BCUT2D eigenvalue weighted by molar-refractivity contribution is 0.566. The van der Waals surface area contributed by atoms with Gasteiger partial charge < -0.3 is 5.32 Å². The third-order valence-corrected chi connectivity index (χ3v) is 2.11. The van der Waals surface area contributed by atoms with Crippen LogP contribution in [-0.2, 0) is 5.66 Å². The summed E-state index contributed by atoms with van der Waals surface area (Å²) in [5.74, 6) is 0. The number of hydrogen-bond acceptors (Lipinski definition) is 4. The van der Waals surface area contributed by atoms with Crippen molar-refractivity contribution in [3.8, 4) is 0 Å². The van der Waals surface area contributed by atoms with Crippen LogP contribution in [-0.4, -0.2) is 11.3 Å². The van der Waals surface area contributed by atoms with E-state index >= 15 is 0 Å². The van der Waals surface area contributed by atoms with Crippen molar-refractivity contribution in [2.45, 2.75) is 12.6 Å². The molecule has 0 radical (unpaired) electrons. The van der Waals surface area contributed by atoms with Gasteiger partial charge in [0.2, 0.25) is 0 Å². The lowest BCUT2D eigenvalue weighted by Gasteiger charge is -2.22. The summed E-state index contributed by atoms with van der Waals surface area (Å²) in [6.45, 7) is 2.00. The van der Waals surface area contributed by atoms with Crippen LogP contribution < -0.4 is 11.1 Å². The Labute approximate surface area is 82.6 Å². The topological polar surface area (TPSA) is 63.3 Å². The molecular formula is C10H12N4. The van der Waals surface area contributed by atoms with Crippen molar-refractivity contribution in [1.29, 1.82) is 0 Å². The normalized spacial score (nSPS) is 24.7. The highest BCUT2D eigenvalue weighted by atomic mass is 15.1. The maximum Gasteiger partial charge on any atom is 0.173 e. The molecule has 3 N–H and O–H groups in total. The van der Waals surface area contributed by atoms with E-state index in [2.05, 4.69) is 15.3 Å². The zero-order valence-corrected chi connectivity index (χ0v) is 7.94. The molecule has 1 aliphatic rings. The van der Waals surface area contributed by atoms with Gasteiger partial charge in [-0.05, 0) is 30.7 Å². The van der Waals surface area contributed by atoms with E-state index in [1.807, 2.05) is 19.1 Å². The van der Waals surface area contributed by atoms with E-state index in [4.69, 9.17) is 5.73 Å². The van der Waals surface area contributed by atoms with Gasteiger partial charge in [0.05, 0.1) is 12.0 Å². The fourth-order valence-corrected chi connectivity index (χ4v) is 1.31. The van der Waals surface area contributed by atoms with Gasteiger partial charge in [-0.2, -0.15) is 0 Å². The minimum atomic E-state index is -0.822. The van der Waals surface area contributed by atoms with Gasteiger partial charge in [0, 0.05) is 12.4 Å². The molecule has 0 spiro atoms. The molecule has 0 aliphatic carbocycles. The van der Waals surface area contributed by atoms with Gasteiger partial charge in [-0.3, -0.25) is 10.7 Å². The van der Waals surface area contributed by atoms with Crippen molar-refractivity contribution >= 4 is 6.34 Å². The summed E-state index contributed by atoms with van der Waals surface area (Å²) >= 11 is 0. The van der Waals surface area contributed by atoms with Gasteiger partial charge in [-0.1, -0.05) is 0 Å². The summed E-state index contributed by atoms with van der Waals surface area (Å²) in [6.07, 6.45) is 6.86. The summed E-state index contributed by atoms with van der Waals surface area (Å²) in [6, 6.07) is 3.87. The zero-order chi connectivity index (χ0) is 10.0. The van der Waals surface area contributed by atoms with Gasteiger partial charge >= 0.3 is 0 Å². The molecule has 2 rings (SSSR count). The van der Waals surface area contributed by atoms with E-state index in [-0.39, 0.29) is 0 Å². The summed E-state index contributed by atoms with van der Waals surface area (Å²) in [4.78, 5) is 8.38. The molecule has 72 valence electrons. The summed E-state index contributed by atoms with van der Waals surface area (Å²) in [7, 11) is 0. The second-order valence-electron chi connectivity index (χ2n) is 3.30. The Kier molecular flexibility index (Phi) is 2.05. The minimum Gasteiger partial charge on any atom is -0.353 e. The van der Waals surface area contributed by atoms with Gasteiger partial charge in [-0.15, -0.1) is 0 Å². The predicted molar refractivity (Wildman–Crippen MR) is 55.6 cm³/mol. The number of hydrogen-bond donors (Lipinski definition) is 2. The fourth-order valence-electron chi connectivity index (χ4n) is 1.31. The van der Waals surface area contributed by atoms with Crippen molar-refractivity contribution in [2.24, 2.45) is 10.7 Å². The Hall–Kier alpha value is -1.68. The first kappa shape index (κ1) is 8.90. The molecule has 1 aliphatic heterocycles. The molecule has 1 aromatic rings. The Morgan fingerprint density at radius 1 is 1.50 bits per heavy atom. The molecule has 0 saturated carbocycles. The third kappa shape index (κ3) is 1.52. The summed E-state index contributed by atoms with van der Waals surface area (Å²) in [5, 5.41) is 2.84. The van der Waals surface area contributed by atoms with Gasteiger partial charge in [-0.25, -0.2) is 4.99 Å². The standard InChI is InChI=1S/C10H12N4/c1-8-2-4-13-9(6-8)10(11)3-5-12-7-14-10/h2-7H,11H2,1H3,(H,12,14). The molecule has 1 unspecified atom stereocenters. The van der Waals surface area contributed by atoms with E-state index in [1.54, 1.807) is 24.8 Å². The smallest absolute Gasteiger partial charge is 0.173 e. The maximum atomic E-state index is 6.06. The highest BCUT2D eigenvalue weighted by Gasteiger charge is 2.25. The molecule has 0 fully saturated rings. The lowest BCUT2D eigenvalue weighted by atomic mass is 10.1. The van der Waals surface area contributed by atoms with Crippen molar-refractivity contribution in [1.82, 2.24) is 10.3 Å². The Morgan fingerprint density at radius 2 is 2.36 bits per heavy atom. The number of pyridine rings is 1. The Balaban J connectivity index is 2.43. The van der Waals surface area contributed by atoms with E-state index in [0.29, 0.717) is 0 Å². The molecule has 0 bridgehead atoms. The Morgan fingerprint density at radius 3 is 3.00 bits per heavy atom. The molecule has 0 amide bonds. The molecule has 4 nitrogen and oxygen atoms in total. The molecule has 0 saturated heterocycles. The van der Waals surface area contributed by atoms with Crippen LogP contribution in [0.5, 0.6) is 0 Å². The van der Waals surface area contributed by atoms with Crippen LogP contribution in [0.4, 0.5) is 0 Å². The van der Waals surface area contributed by atoms with Crippen LogP contribution in [0, 0.1) is 6.92 Å². The number of rotatable bonds is 1. The van der Waals surface area contributed by atoms with Crippen LogP contribution in [0.1, 0.15) is 11.3 Å². The number of aliphatic imine (C=N–C) groups is 1. The number of nitrogens with two attached hydrogens (primary N) is 1. The number of aromatic nitrogens is 1. The summed E-state index contributed by atoms with van der Waals surface area (Å²) < 4.78 is 0. The van der Waals surface area contributed by atoms with Crippen molar-refractivity contribution < 1.29 is 0 Å². The minimum absolute atomic E-state index is 0.756. The molecule has 14 heavy (non-hydrogen) atoms. The average Bonchev–Trinajstić information content (AvgIpc) is 2.19. The van der Waals surface area contributed by atoms with Crippen molar-refractivity contribution in [3.63, 3.8) is 0 Å². The second kappa shape index (κ2) is 3.23. The fraction of sp³-hybridized carbons (Fsp3) is 0.200. The van der Waals surface area contributed by atoms with E-state index in [1.165, 1.54) is 0 Å². The van der Waals surface area contributed by atoms with Crippen LogP contribution in [0.15, 0.2) is 35.6 Å². The predicted octanol–water partition coefficient (Wildman–Crippen LogP) is 0.647. The van der Waals surface area contributed by atoms with E-state index in [0.717, 1.165) is 11.3 Å². The van der Waals surface area contributed by atoms with Crippen LogP contribution in [0.3, 0.4) is 0 Å². The van der Waals surface area contributed by atoms with Crippen molar-refractivity contribution in [2.75, 3.05) is 0 Å². The van der Waals surface area contributed by atoms with Crippen molar-refractivity contribution in [3.05, 3.63) is 41.9 Å². The number of aryl methyl sites for hydroxylation is 1. The lowest BCUT2D eigenvalue weighted by Crippen LogP contribution is -2.36. The number of nitrogens with one attached hydrogen (secondary N) is 1. The highest BCUT2D eigenvalue weighted by molar-refractivity contribution is 5.59. The highest BCUT2D eigenvalue weighted by Crippen LogP contribution is 2.20. The monoisotopic (exact) mass is 188 g/mol. The van der Waals surface area contributed by atoms with E-state index < -0.39 is 5.66 Å². The average molecular weight is 188 g/mol. The number of nitrogens with zero attached hydrogens (tertiary/aromatic N) is 2. The third-order valence-electron chi connectivity index (χ3n) is 2.11. The van der Waals surface area contributed by atoms with Crippen LogP contribution in [0.25, 0.3) is 0 Å². The first-order valence-corrected chi connectivity index (χ1v) is 4.40. The second-order valence-corrected chi connectivity index (χ2v) is 3.30. The maximum absolute atomic E-state index is 6.06. The Bertz CT molecular complexity index is 383. The SMILES string of the molecule is Cc1ccnc(C2(N)C=CNC=N2)c1. The molecule has 4 heteroatoms. The summed E-state index contributed by atoms with van der Waals surface area (Å²) in [5.41, 5.74) is 7.12. The molecule has 1 aromatic heterocycles. The molecule has 2 heterocycles. The zero-order valence-electron chi connectivity index (χ0n) is 7.94. The van der Waals surface area contributed by atoms with Gasteiger partial charge in [0.1, 0.15) is 0 Å². The first-order chi connectivity index (χ1) is 6.71. The largest absolute Gasteiger partial charge is 0.353 e. The molecule has 0 aromatic carbocycles. The van der Waals surface area contributed by atoms with Gasteiger partial charge in [0.15, 0.2) is 5.66 Å². The van der Waals surface area contributed by atoms with Crippen LogP contribution >= 0.6 is 0 Å². The first-order valence-electron chi connectivity index (χ1n) is 4.40. The van der Waals surface area contributed by atoms with Gasteiger partial charge in [0.25, 0.3) is 0 Å². The van der Waals surface area contributed by atoms with Crippen LogP contribution in [0.2, 0.25) is 0 Å². The quantitative estimate of drug-likeness (QED) is 0.680. The molecular weight excluding hydrogens is 176 g/mol.